The van der Waals surface area contributed by atoms with Crippen molar-refractivity contribution in [2.75, 3.05) is 26.2 Å². The maximum Gasteiger partial charge on any atom is 0.0588 e. The third-order valence-electron chi connectivity index (χ3n) is 4.00. The lowest BCUT2D eigenvalue weighted by molar-refractivity contribution is 0.0894. The second-order valence-corrected chi connectivity index (χ2v) is 5.19. The van der Waals surface area contributed by atoms with E-state index in [4.69, 9.17) is 10.5 Å². The Bertz CT molecular complexity index is 192. The molecule has 2 unspecified atom stereocenters. The van der Waals surface area contributed by atoms with E-state index >= 15 is 0 Å². The Morgan fingerprint density at radius 2 is 2.12 bits per heavy atom. The first-order valence-electron chi connectivity index (χ1n) is 6.96. The van der Waals surface area contributed by atoms with Gasteiger partial charge in [0.2, 0.25) is 0 Å². The summed E-state index contributed by atoms with van der Waals surface area (Å²) in [5.74, 6) is 0. The normalized spacial score (nSPS) is 31.3. The fourth-order valence-corrected chi connectivity index (χ4v) is 3.05. The van der Waals surface area contributed by atoms with E-state index in [1.807, 2.05) is 0 Å². The van der Waals surface area contributed by atoms with Crippen LogP contribution in [0.25, 0.3) is 0 Å². The van der Waals surface area contributed by atoms with Crippen LogP contribution in [-0.2, 0) is 4.74 Å². The van der Waals surface area contributed by atoms with Crippen molar-refractivity contribution in [3.05, 3.63) is 0 Å². The van der Waals surface area contributed by atoms with Gasteiger partial charge in [-0.3, -0.25) is 0 Å². The molecule has 2 heterocycles. The number of hydrogen-bond donors (Lipinski definition) is 1. The van der Waals surface area contributed by atoms with E-state index in [9.17, 15) is 0 Å². The fraction of sp³-hybridized carbons (Fsp3) is 1.00. The smallest absolute Gasteiger partial charge is 0.0588 e. The van der Waals surface area contributed by atoms with Crippen LogP contribution in [0.3, 0.4) is 0 Å². The minimum atomic E-state index is 0.552. The number of rotatable bonds is 6. The van der Waals surface area contributed by atoms with Crippen molar-refractivity contribution in [3.63, 3.8) is 0 Å². The highest BCUT2D eigenvalue weighted by molar-refractivity contribution is 4.80. The molecular formula is C13H26N2O. The Morgan fingerprint density at radius 1 is 1.19 bits per heavy atom. The van der Waals surface area contributed by atoms with E-state index < -0.39 is 0 Å². The molecule has 16 heavy (non-hydrogen) atoms. The predicted molar refractivity (Wildman–Crippen MR) is 66.5 cm³/mol. The minimum Gasteiger partial charge on any atom is -0.378 e. The number of nitrogens with zero attached hydrogens (tertiary/aromatic N) is 1. The third kappa shape index (κ3) is 3.44. The largest absolute Gasteiger partial charge is 0.378 e. The molecule has 2 aliphatic heterocycles. The summed E-state index contributed by atoms with van der Waals surface area (Å²) >= 11 is 0. The number of hydrogen-bond acceptors (Lipinski definition) is 3. The molecule has 2 N–H and O–H groups in total. The lowest BCUT2D eigenvalue weighted by atomic mass is 10.1. The topological polar surface area (TPSA) is 38.5 Å². The van der Waals surface area contributed by atoms with Crippen LogP contribution in [0, 0.1) is 0 Å². The molecule has 0 radical (unpaired) electrons. The molecule has 2 rings (SSSR count). The summed E-state index contributed by atoms with van der Waals surface area (Å²) in [4.78, 5) is 2.66. The van der Waals surface area contributed by atoms with Crippen molar-refractivity contribution in [2.24, 2.45) is 5.73 Å². The Kier molecular flexibility index (Phi) is 5.07. The van der Waals surface area contributed by atoms with Crippen molar-refractivity contribution in [1.29, 1.82) is 0 Å². The number of likely N-dealkylation sites (tertiary alicyclic amines) is 1. The van der Waals surface area contributed by atoms with Crippen LogP contribution in [0.15, 0.2) is 0 Å². The molecule has 0 saturated carbocycles. The average Bonchev–Trinajstić information content (AvgIpc) is 2.94. The number of ether oxygens (including phenoxy) is 1. The first-order valence-corrected chi connectivity index (χ1v) is 6.96. The molecule has 0 spiro atoms. The van der Waals surface area contributed by atoms with Crippen LogP contribution in [0.2, 0.25) is 0 Å². The summed E-state index contributed by atoms with van der Waals surface area (Å²) in [7, 11) is 0. The van der Waals surface area contributed by atoms with Crippen molar-refractivity contribution in [1.82, 2.24) is 4.90 Å². The molecule has 94 valence electrons. The summed E-state index contributed by atoms with van der Waals surface area (Å²) in [5, 5.41) is 0. The maximum atomic E-state index is 5.68. The molecule has 0 aromatic carbocycles. The van der Waals surface area contributed by atoms with E-state index in [1.165, 1.54) is 58.0 Å². The summed E-state index contributed by atoms with van der Waals surface area (Å²) in [6.45, 7) is 4.36. The van der Waals surface area contributed by atoms with Gasteiger partial charge in [-0.25, -0.2) is 0 Å². The minimum absolute atomic E-state index is 0.552. The molecule has 0 amide bonds. The van der Waals surface area contributed by atoms with Gasteiger partial charge in [0.1, 0.15) is 0 Å². The van der Waals surface area contributed by atoms with Crippen molar-refractivity contribution in [3.8, 4) is 0 Å². The monoisotopic (exact) mass is 226 g/mol. The standard InChI is InChI=1S/C13H26N2O/c14-8-1-4-12-5-2-9-15(12)10-7-13-6-3-11-16-13/h12-13H,1-11,14H2. The van der Waals surface area contributed by atoms with Gasteiger partial charge in [-0.15, -0.1) is 0 Å². The van der Waals surface area contributed by atoms with Gasteiger partial charge in [0.05, 0.1) is 6.10 Å². The van der Waals surface area contributed by atoms with E-state index in [0.29, 0.717) is 6.10 Å². The molecular weight excluding hydrogens is 200 g/mol. The lowest BCUT2D eigenvalue weighted by Gasteiger charge is -2.25. The van der Waals surface area contributed by atoms with Gasteiger partial charge in [-0.05, 0) is 58.0 Å². The van der Waals surface area contributed by atoms with Crippen LogP contribution < -0.4 is 5.73 Å². The molecule has 0 aliphatic carbocycles. The van der Waals surface area contributed by atoms with Gasteiger partial charge in [0, 0.05) is 19.2 Å². The molecule has 0 bridgehead atoms. The molecule has 3 heteroatoms. The van der Waals surface area contributed by atoms with E-state index in [-0.39, 0.29) is 0 Å². The Labute approximate surface area is 99.3 Å². The SMILES string of the molecule is NCCCC1CCCN1CCC1CCCO1. The second-order valence-electron chi connectivity index (χ2n) is 5.19. The summed E-state index contributed by atoms with van der Waals surface area (Å²) in [6, 6.07) is 0.810. The molecule has 0 aromatic heterocycles. The zero-order valence-electron chi connectivity index (χ0n) is 10.4. The van der Waals surface area contributed by atoms with E-state index in [1.54, 1.807) is 0 Å². The summed E-state index contributed by atoms with van der Waals surface area (Å²) in [5.41, 5.74) is 5.59. The van der Waals surface area contributed by atoms with Gasteiger partial charge in [0.15, 0.2) is 0 Å². The highest BCUT2D eigenvalue weighted by Gasteiger charge is 2.25. The quantitative estimate of drug-likeness (QED) is 0.750. The van der Waals surface area contributed by atoms with Crippen LogP contribution >= 0.6 is 0 Å². The fourth-order valence-electron chi connectivity index (χ4n) is 3.05. The summed E-state index contributed by atoms with van der Waals surface area (Å²) < 4.78 is 5.68. The lowest BCUT2D eigenvalue weighted by Crippen LogP contribution is -2.32. The predicted octanol–water partition coefficient (Wildman–Crippen LogP) is 1.76. The first-order chi connectivity index (χ1) is 7.90. The van der Waals surface area contributed by atoms with E-state index in [0.717, 1.165) is 19.2 Å². The molecule has 2 atom stereocenters. The van der Waals surface area contributed by atoms with Crippen LogP contribution in [0.5, 0.6) is 0 Å². The van der Waals surface area contributed by atoms with E-state index in [2.05, 4.69) is 4.90 Å². The Morgan fingerprint density at radius 3 is 2.88 bits per heavy atom. The van der Waals surface area contributed by atoms with Crippen LogP contribution in [-0.4, -0.2) is 43.3 Å². The summed E-state index contributed by atoms with van der Waals surface area (Å²) in [6.07, 6.45) is 9.56. The van der Waals surface area contributed by atoms with Gasteiger partial charge < -0.3 is 15.4 Å². The Hall–Kier alpha value is -0.120. The zero-order chi connectivity index (χ0) is 11.2. The third-order valence-corrected chi connectivity index (χ3v) is 4.00. The molecule has 2 fully saturated rings. The van der Waals surface area contributed by atoms with Crippen molar-refractivity contribution >= 4 is 0 Å². The highest BCUT2D eigenvalue weighted by atomic mass is 16.5. The van der Waals surface area contributed by atoms with Gasteiger partial charge in [-0.1, -0.05) is 0 Å². The van der Waals surface area contributed by atoms with Crippen LogP contribution in [0.4, 0.5) is 0 Å². The molecule has 0 aromatic rings. The first kappa shape index (κ1) is 12.3. The second kappa shape index (κ2) is 6.58. The average molecular weight is 226 g/mol. The number of nitrogens with two attached hydrogens (primary N) is 1. The van der Waals surface area contributed by atoms with Gasteiger partial charge >= 0.3 is 0 Å². The van der Waals surface area contributed by atoms with Gasteiger partial charge in [-0.2, -0.15) is 0 Å². The van der Waals surface area contributed by atoms with Crippen molar-refractivity contribution in [2.45, 2.75) is 57.1 Å². The molecule has 2 aliphatic rings. The van der Waals surface area contributed by atoms with Crippen LogP contribution in [0.1, 0.15) is 44.9 Å². The molecule has 3 nitrogen and oxygen atoms in total. The van der Waals surface area contributed by atoms with Gasteiger partial charge in [0.25, 0.3) is 0 Å². The van der Waals surface area contributed by atoms with Crippen molar-refractivity contribution < 1.29 is 4.74 Å². The molecule has 2 saturated heterocycles. The zero-order valence-corrected chi connectivity index (χ0v) is 10.4. The highest BCUT2D eigenvalue weighted by Crippen LogP contribution is 2.23. The maximum absolute atomic E-state index is 5.68. The Balaban J connectivity index is 1.66.